The number of aryl methyl sites for hydroxylation is 1. The van der Waals surface area contributed by atoms with Gasteiger partial charge in [-0.2, -0.15) is 0 Å². The number of morpholine rings is 1. The molecule has 1 heterocycles. The molecule has 2 atom stereocenters. The summed E-state index contributed by atoms with van der Waals surface area (Å²) in [5.41, 5.74) is 8.48. The molecule has 19 heavy (non-hydrogen) atoms. The van der Waals surface area contributed by atoms with Crippen molar-refractivity contribution >= 4 is 11.5 Å². The smallest absolute Gasteiger partial charge is 0.124 e. The first kappa shape index (κ1) is 13.8. The molecular weight excluding hydrogens is 242 g/mol. The number of benzene rings is 1. The normalized spacial score (nSPS) is 23.4. The lowest BCUT2D eigenvalue weighted by Gasteiger charge is -2.40. The Morgan fingerprint density at radius 1 is 1.58 bits per heavy atom. The van der Waals surface area contributed by atoms with Crippen LogP contribution in [0.1, 0.15) is 18.1 Å². The van der Waals surface area contributed by atoms with E-state index in [1.54, 1.807) is 0 Å². The minimum atomic E-state index is -0.185. The lowest BCUT2D eigenvalue weighted by molar-refractivity contribution is -0.0103. The maximum Gasteiger partial charge on any atom is 0.124 e. The number of nitrogens with two attached hydrogens (primary N) is 1. The molecule has 5 heteroatoms. The zero-order valence-electron chi connectivity index (χ0n) is 11.4. The number of nitrogen functional groups attached to an aromatic ring is 1. The van der Waals surface area contributed by atoms with Gasteiger partial charge in [-0.15, -0.1) is 0 Å². The van der Waals surface area contributed by atoms with Crippen LogP contribution in [-0.2, 0) is 4.74 Å². The fraction of sp³-hybridized carbons (Fsp3) is 0.500. The molecule has 5 nitrogen and oxygen atoms in total. The van der Waals surface area contributed by atoms with E-state index in [1.165, 1.54) is 0 Å². The summed E-state index contributed by atoms with van der Waals surface area (Å²) in [4.78, 5) is 2.18. The predicted molar refractivity (Wildman–Crippen MR) is 75.8 cm³/mol. The molecule has 104 valence electrons. The molecule has 1 aromatic carbocycles. The zero-order chi connectivity index (χ0) is 14.0. The molecule has 0 radical (unpaired) electrons. The molecule has 0 saturated carbocycles. The molecule has 0 aromatic heterocycles. The first-order valence-corrected chi connectivity index (χ1v) is 6.47. The first-order chi connectivity index (χ1) is 9.04. The lowest BCUT2D eigenvalue weighted by Crippen LogP contribution is -2.50. The summed E-state index contributed by atoms with van der Waals surface area (Å²) in [6.45, 7) is 5.27. The zero-order valence-corrected chi connectivity index (χ0v) is 11.4. The van der Waals surface area contributed by atoms with Gasteiger partial charge in [-0.1, -0.05) is 12.1 Å². The average Bonchev–Trinajstić information content (AvgIpc) is 2.39. The number of amidine groups is 1. The van der Waals surface area contributed by atoms with Crippen LogP contribution in [0.25, 0.3) is 0 Å². The van der Waals surface area contributed by atoms with E-state index < -0.39 is 0 Å². The Kier molecular flexibility index (Phi) is 4.07. The second kappa shape index (κ2) is 5.59. The Hall–Kier alpha value is -1.59. The lowest BCUT2D eigenvalue weighted by atomic mass is 10.0. The molecule has 0 bridgehead atoms. The number of nitrogens with one attached hydrogen (secondary N) is 1. The quantitative estimate of drug-likeness (QED) is 0.558. The van der Waals surface area contributed by atoms with Gasteiger partial charge in [0, 0.05) is 18.2 Å². The van der Waals surface area contributed by atoms with Gasteiger partial charge in [0.2, 0.25) is 0 Å². The van der Waals surface area contributed by atoms with Gasteiger partial charge in [0.15, 0.2) is 0 Å². The van der Waals surface area contributed by atoms with Crippen molar-refractivity contribution in [3.8, 4) is 0 Å². The van der Waals surface area contributed by atoms with Gasteiger partial charge in [0.25, 0.3) is 0 Å². The van der Waals surface area contributed by atoms with Crippen LogP contribution in [0.15, 0.2) is 18.2 Å². The fourth-order valence-corrected chi connectivity index (χ4v) is 2.50. The van der Waals surface area contributed by atoms with Crippen molar-refractivity contribution in [3.05, 3.63) is 29.3 Å². The van der Waals surface area contributed by atoms with Crippen molar-refractivity contribution in [1.82, 2.24) is 0 Å². The van der Waals surface area contributed by atoms with Gasteiger partial charge in [0.1, 0.15) is 5.84 Å². The van der Waals surface area contributed by atoms with E-state index in [4.69, 9.17) is 15.9 Å². The average molecular weight is 263 g/mol. The van der Waals surface area contributed by atoms with Crippen LogP contribution < -0.4 is 10.6 Å². The van der Waals surface area contributed by atoms with E-state index in [2.05, 4.69) is 11.8 Å². The molecule has 0 spiro atoms. The number of nitrogens with zero attached hydrogens (tertiary/aromatic N) is 1. The van der Waals surface area contributed by atoms with Gasteiger partial charge in [-0.3, -0.25) is 5.41 Å². The molecule has 2 rings (SSSR count). The van der Waals surface area contributed by atoms with Crippen LogP contribution in [0.3, 0.4) is 0 Å². The fourth-order valence-electron chi connectivity index (χ4n) is 2.50. The summed E-state index contributed by atoms with van der Waals surface area (Å²) >= 11 is 0. The van der Waals surface area contributed by atoms with Crippen molar-refractivity contribution in [2.45, 2.75) is 26.0 Å². The van der Waals surface area contributed by atoms with Crippen molar-refractivity contribution in [2.75, 3.05) is 24.7 Å². The third-order valence-corrected chi connectivity index (χ3v) is 3.52. The SMILES string of the molecule is Cc1cccc(C(=N)N)c1N1CC(CO)OCC1C. The standard InChI is InChI=1S/C14H21N3O2/c1-9-4-3-5-12(14(15)16)13(9)17-6-11(7-18)19-8-10(17)2/h3-5,10-11,18H,6-8H2,1-2H3,(H3,15,16). The topological polar surface area (TPSA) is 82.6 Å². The third kappa shape index (κ3) is 2.72. The molecule has 1 saturated heterocycles. The molecule has 1 aliphatic rings. The van der Waals surface area contributed by atoms with Crippen LogP contribution in [-0.4, -0.2) is 42.8 Å². The predicted octanol–water partition coefficient (Wildman–Crippen LogP) is 0.865. The van der Waals surface area contributed by atoms with Crippen LogP contribution in [0.5, 0.6) is 0 Å². The van der Waals surface area contributed by atoms with Crippen molar-refractivity contribution in [1.29, 1.82) is 5.41 Å². The monoisotopic (exact) mass is 263 g/mol. The highest BCUT2D eigenvalue weighted by atomic mass is 16.5. The molecule has 1 fully saturated rings. The number of rotatable bonds is 3. The molecule has 2 unspecified atom stereocenters. The summed E-state index contributed by atoms with van der Waals surface area (Å²) in [6.07, 6.45) is -0.185. The Morgan fingerprint density at radius 2 is 2.32 bits per heavy atom. The van der Waals surface area contributed by atoms with Crippen LogP contribution in [0.2, 0.25) is 0 Å². The molecular formula is C14H21N3O2. The Bertz CT molecular complexity index is 476. The first-order valence-electron chi connectivity index (χ1n) is 6.47. The maximum absolute atomic E-state index is 9.27. The minimum Gasteiger partial charge on any atom is -0.394 e. The van der Waals surface area contributed by atoms with E-state index >= 15 is 0 Å². The number of para-hydroxylation sites is 1. The van der Waals surface area contributed by atoms with Gasteiger partial charge in [-0.05, 0) is 25.5 Å². The molecule has 1 aliphatic heterocycles. The van der Waals surface area contributed by atoms with E-state index in [1.807, 2.05) is 25.1 Å². The Morgan fingerprint density at radius 3 is 2.95 bits per heavy atom. The maximum atomic E-state index is 9.27. The van der Waals surface area contributed by atoms with E-state index in [-0.39, 0.29) is 24.6 Å². The second-order valence-electron chi connectivity index (χ2n) is 5.02. The number of ether oxygens (including phenoxy) is 1. The van der Waals surface area contributed by atoms with Gasteiger partial charge in [-0.25, -0.2) is 0 Å². The second-order valence-corrected chi connectivity index (χ2v) is 5.02. The highest BCUT2D eigenvalue weighted by Gasteiger charge is 2.28. The summed E-state index contributed by atoms with van der Waals surface area (Å²) in [6, 6.07) is 5.98. The number of aliphatic hydroxyl groups excluding tert-OH is 1. The van der Waals surface area contributed by atoms with Gasteiger partial charge in [0.05, 0.1) is 25.0 Å². The van der Waals surface area contributed by atoms with Crippen molar-refractivity contribution in [3.63, 3.8) is 0 Å². The number of anilines is 1. The Labute approximate surface area is 113 Å². The number of aliphatic hydroxyl groups is 1. The summed E-state index contributed by atoms with van der Waals surface area (Å²) in [5.74, 6) is 0.0675. The Balaban J connectivity index is 2.41. The number of hydrogen-bond donors (Lipinski definition) is 3. The summed E-state index contributed by atoms with van der Waals surface area (Å²) < 4.78 is 5.55. The van der Waals surface area contributed by atoms with E-state index in [0.717, 1.165) is 16.8 Å². The van der Waals surface area contributed by atoms with E-state index in [9.17, 15) is 5.11 Å². The number of hydrogen-bond acceptors (Lipinski definition) is 4. The summed E-state index contributed by atoms with van der Waals surface area (Å²) in [7, 11) is 0. The largest absolute Gasteiger partial charge is 0.394 e. The van der Waals surface area contributed by atoms with Crippen molar-refractivity contribution < 1.29 is 9.84 Å². The van der Waals surface area contributed by atoms with Crippen LogP contribution in [0, 0.1) is 12.3 Å². The molecule has 0 amide bonds. The van der Waals surface area contributed by atoms with Crippen LogP contribution in [0.4, 0.5) is 5.69 Å². The van der Waals surface area contributed by atoms with Gasteiger partial charge < -0.3 is 20.5 Å². The minimum absolute atomic E-state index is 0.00447. The van der Waals surface area contributed by atoms with Crippen molar-refractivity contribution in [2.24, 2.45) is 5.73 Å². The third-order valence-electron chi connectivity index (χ3n) is 3.52. The summed E-state index contributed by atoms with van der Waals surface area (Å²) in [5, 5.41) is 17.0. The molecule has 0 aliphatic carbocycles. The molecule has 4 N–H and O–H groups in total. The van der Waals surface area contributed by atoms with E-state index in [0.29, 0.717) is 13.2 Å². The highest BCUT2D eigenvalue weighted by molar-refractivity contribution is 6.01. The highest BCUT2D eigenvalue weighted by Crippen LogP contribution is 2.29. The van der Waals surface area contributed by atoms with Crippen LogP contribution >= 0.6 is 0 Å². The van der Waals surface area contributed by atoms with Gasteiger partial charge >= 0.3 is 0 Å². The molecule has 1 aromatic rings.